The molecular formula is C29H37ClCoN5O5. The average molecular weight is 630 g/mol. The minimum absolute atomic E-state index is 0. The smallest absolute Gasteiger partial charge is 1.00 e. The maximum Gasteiger partial charge on any atom is 3.00 e. The number of Topliss-reactive ketones (excluding diaryl/α,β-unsaturated/α-hetero) is 4. The molecule has 10 nitrogen and oxygen atoms in total. The zero-order valence-corrected chi connectivity index (χ0v) is 25.9. The summed E-state index contributed by atoms with van der Waals surface area (Å²) in [6.45, 7) is 11.1. The Kier molecular flexibility index (Phi) is 19.9. The number of nitrogens with zero attached hydrogens (tertiary/aromatic N) is 2. The zero-order chi connectivity index (χ0) is 29.5. The quantitative estimate of drug-likeness (QED) is 0.117. The fourth-order valence-corrected chi connectivity index (χ4v) is 2.91. The Hall–Kier alpha value is -3.35. The van der Waals surface area contributed by atoms with E-state index in [9.17, 15) is 24.0 Å². The van der Waals surface area contributed by atoms with Gasteiger partial charge in [-0.05, 0) is 52.0 Å². The number of rotatable bonds is 10. The fourth-order valence-electron chi connectivity index (χ4n) is 2.91. The normalized spacial score (nSPS) is 9.44. The Labute approximate surface area is 257 Å². The number of benzene rings is 2. The predicted molar refractivity (Wildman–Crippen MR) is 152 cm³/mol. The summed E-state index contributed by atoms with van der Waals surface area (Å²) in [4.78, 5) is 62.9. The Morgan fingerprint density at radius 3 is 1.61 bits per heavy atom. The van der Waals surface area contributed by atoms with Crippen molar-refractivity contribution < 1.29 is 53.2 Å². The van der Waals surface area contributed by atoms with E-state index in [0.29, 0.717) is 42.6 Å². The molecular weight excluding hydrogens is 593 g/mol. The van der Waals surface area contributed by atoms with Gasteiger partial charge in [-0.3, -0.25) is 16.6 Å². The summed E-state index contributed by atoms with van der Waals surface area (Å²) >= 11 is 0. The summed E-state index contributed by atoms with van der Waals surface area (Å²) in [5.74, 6) is -0.0604. The van der Waals surface area contributed by atoms with Crippen LogP contribution in [0.25, 0.3) is 22.1 Å². The standard InChI is InChI=1S/C17H19N5O.2C6H9O2.ClH.Co/c18-8-9-19-10-11-20-17(23)12-4-3-7-15-16(12)22-14-6-2-1-5-13(14)21-15;2*1-4(5(2)7)6(3)8;;/h1-7,19H,8-11,18H2,(H,20,23);2*1-3H3;1H;/q;2*-1;;+3/p-1. The summed E-state index contributed by atoms with van der Waals surface area (Å²) in [7, 11) is 0. The van der Waals surface area contributed by atoms with Crippen molar-refractivity contribution in [3.05, 3.63) is 59.9 Å². The van der Waals surface area contributed by atoms with Gasteiger partial charge >= 0.3 is 16.8 Å². The Morgan fingerprint density at radius 1 is 0.707 bits per heavy atom. The topological polar surface area (TPSA) is 161 Å². The molecule has 0 aliphatic rings. The third kappa shape index (κ3) is 13.7. The van der Waals surface area contributed by atoms with Crippen LogP contribution in [0.2, 0.25) is 0 Å². The third-order valence-electron chi connectivity index (χ3n) is 5.64. The van der Waals surface area contributed by atoms with Crippen LogP contribution in [0.3, 0.4) is 0 Å². The first-order valence-electron chi connectivity index (χ1n) is 12.5. The number of hydrogen-bond donors (Lipinski definition) is 3. The van der Waals surface area contributed by atoms with E-state index < -0.39 is 0 Å². The molecule has 0 radical (unpaired) electrons. The van der Waals surface area contributed by atoms with Crippen molar-refractivity contribution in [1.82, 2.24) is 20.6 Å². The van der Waals surface area contributed by atoms with Crippen LogP contribution in [0, 0.1) is 11.8 Å². The van der Waals surface area contributed by atoms with Gasteiger partial charge in [-0.1, -0.05) is 18.2 Å². The van der Waals surface area contributed by atoms with Gasteiger partial charge in [0.2, 0.25) is 0 Å². The second-order valence-corrected chi connectivity index (χ2v) is 8.65. The van der Waals surface area contributed by atoms with Crippen molar-refractivity contribution in [2.45, 2.75) is 41.5 Å². The maximum atomic E-state index is 12.4. The molecule has 0 aliphatic carbocycles. The minimum Gasteiger partial charge on any atom is -1.00 e. The number of amides is 1. The van der Waals surface area contributed by atoms with E-state index >= 15 is 0 Å². The number of carbonyl (C=O) groups excluding carboxylic acids is 5. The van der Waals surface area contributed by atoms with E-state index in [2.05, 4.69) is 20.6 Å². The molecule has 12 heteroatoms. The van der Waals surface area contributed by atoms with Crippen LogP contribution in [-0.4, -0.2) is 65.2 Å². The largest absolute Gasteiger partial charge is 3.00 e. The summed E-state index contributed by atoms with van der Waals surface area (Å²) < 4.78 is 0. The molecule has 2 aromatic carbocycles. The zero-order valence-electron chi connectivity index (χ0n) is 24.1. The number of nitrogens with one attached hydrogen (secondary N) is 2. The number of para-hydroxylation sites is 3. The molecule has 0 saturated heterocycles. The maximum absolute atomic E-state index is 12.4. The molecule has 3 aromatic rings. The molecule has 0 bridgehead atoms. The first-order chi connectivity index (χ1) is 18.4. The van der Waals surface area contributed by atoms with E-state index in [1.807, 2.05) is 36.4 Å². The summed E-state index contributed by atoms with van der Waals surface area (Å²) in [6.07, 6.45) is 0. The monoisotopic (exact) mass is 629 g/mol. The average Bonchev–Trinajstić information content (AvgIpc) is 2.90. The number of ketones is 4. The molecule has 0 fully saturated rings. The first-order valence-corrected chi connectivity index (χ1v) is 12.5. The van der Waals surface area contributed by atoms with Gasteiger partial charge < -0.3 is 48.0 Å². The summed E-state index contributed by atoms with van der Waals surface area (Å²) in [5, 5.41) is 6.02. The van der Waals surface area contributed by atoms with Crippen LogP contribution in [-0.2, 0) is 36.0 Å². The minimum atomic E-state index is -0.144. The molecule has 0 saturated carbocycles. The molecule has 1 aromatic heterocycles. The number of carbonyl (C=O) groups is 5. The molecule has 0 atom stereocenters. The van der Waals surface area contributed by atoms with Gasteiger partial charge in [0.25, 0.3) is 5.91 Å². The van der Waals surface area contributed by atoms with Gasteiger partial charge in [0, 0.05) is 49.3 Å². The van der Waals surface area contributed by atoms with Crippen LogP contribution < -0.4 is 28.8 Å². The number of fused-ring (bicyclic) bond motifs is 2. The van der Waals surface area contributed by atoms with Crippen LogP contribution in [0.5, 0.6) is 0 Å². The van der Waals surface area contributed by atoms with Crippen molar-refractivity contribution in [3.63, 3.8) is 0 Å². The van der Waals surface area contributed by atoms with Crippen LogP contribution in [0.15, 0.2) is 42.5 Å². The summed E-state index contributed by atoms with van der Waals surface area (Å²) in [6, 6.07) is 13.1. The van der Waals surface area contributed by atoms with Gasteiger partial charge in [0.05, 0.1) is 22.1 Å². The molecule has 3 rings (SSSR count). The molecule has 4 N–H and O–H groups in total. The molecule has 1 heterocycles. The first kappa shape index (κ1) is 39.8. The molecule has 1 amide bonds. The van der Waals surface area contributed by atoms with Crippen LogP contribution in [0.4, 0.5) is 0 Å². The van der Waals surface area contributed by atoms with Gasteiger partial charge in [-0.2, -0.15) is 13.8 Å². The molecule has 41 heavy (non-hydrogen) atoms. The molecule has 224 valence electrons. The van der Waals surface area contributed by atoms with Crippen molar-refractivity contribution in [3.8, 4) is 0 Å². The van der Waals surface area contributed by atoms with Crippen molar-refractivity contribution in [2.24, 2.45) is 5.73 Å². The van der Waals surface area contributed by atoms with Crippen LogP contribution >= 0.6 is 0 Å². The number of halogens is 1. The Bertz CT molecular complexity index is 1260. The second kappa shape index (κ2) is 20.5. The van der Waals surface area contributed by atoms with E-state index in [1.165, 1.54) is 41.5 Å². The van der Waals surface area contributed by atoms with Gasteiger partial charge in [0.15, 0.2) is 0 Å². The van der Waals surface area contributed by atoms with Crippen LogP contribution in [0.1, 0.15) is 51.9 Å². The Morgan fingerprint density at radius 2 is 1.17 bits per heavy atom. The second-order valence-electron chi connectivity index (χ2n) is 8.65. The SMILES string of the molecule is CC(=O)[C-](C)C(C)=O.CC(=O)[C-](C)C(C)=O.NCCNCCNC(=O)c1cccc2nc3ccccc3nc12.[Cl-].[Co+3]. The Balaban J connectivity index is 0. The molecule has 0 unspecified atom stereocenters. The predicted octanol–water partition coefficient (Wildman–Crippen LogP) is -0.420. The van der Waals surface area contributed by atoms with E-state index in [-0.39, 0.29) is 58.2 Å². The number of aromatic nitrogens is 2. The third-order valence-corrected chi connectivity index (χ3v) is 5.64. The van der Waals surface area contributed by atoms with Gasteiger partial charge in [0.1, 0.15) is 5.52 Å². The molecule has 0 aliphatic heterocycles. The van der Waals surface area contributed by atoms with Gasteiger partial charge in [-0.15, -0.1) is 0 Å². The number of hydrogen-bond acceptors (Lipinski definition) is 9. The van der Waals surface area contributed by atoms with E-state index in [1.54, 1.807) is 6.07 Å². The van der Waals surface area contributed by atoms with Crippen molar-refractivity contribution >= 4 is 51.1 Å². The van der Waals surface area contributed by atoms with E-state index in [0.717, 1.165) is 23.1 Å². The fraction of sp³-hybridized carbons (Fsp3) is 0.345. The summed E-state index contributed by atoms with van der Waals surface area (Å²) in [5.41, 5.74) is 8.89. The van der Waals surface area contributed by atoms with Gasteiger partial charge in [-0.25, -0.2) is 9.97 Å². The van der Waals surface area contributed by atoms with Crippen molar-refractivity contribution in [2.75, 3.05) is 26.2 Å². The van der Waals surface area contributed by atoms with Crippen molar-refractivity contribution in [1.29, 1.82) is 0 Å². The molecule has 0 spiro atoms. The van der Waals surface area contributed by atoms with E-state index in [4.69, 9.17) is 5.73 Å². The number of nitrogens with two attached hydrogens (primary N) is 1.